The van der Waals surface area contributed by atoms with E-state index in [-0.39, 0.29) is 6.03 Å². The summed E-state index contributed by atoms with van der Waals surface area (Å²) in [7, 11) is 1.60. The SMILES string of the molecule is CNC(=O)N1C=CN=CC1. The topological polar surface area (TPSA) is 44.7 Å². The summed E-state index contributed by atoms with van der Waals surface area (Å²) in [6, 6.07) is -0.109. The lowest BCUT2D eigenvalue weighted by Gasteiger charge is -2.16. The van der Waals surface area contributed by atoms with Gasteiger partial charge < -0.3 is 5.32 Å². The average molecular weight is 139 g/mol. The molecule has 1 rings (SSSR count). The Hall–Kier alpha value is -1.32. The zero-order chi connectivity index (χ0) is 7.40. The molecule has 54 valence electrons. The van der Waals surface area contributed by atoms with Gasteiger partial charge in [-0.25, -0.2) is 4.79 Å². The van der Waals surface area contributed by atoms with Gasteiger partial charge in [-0.15, -0.1) is 0 Å². The minimum atomic E-state index is -0.109. The van der Waals surface area contributed by atoms with Gasteiger partial charge in [0.15, 0.2) is 0 Å². The number of carbonyl (C=O) groups excluding carboxylic acids is 1. The molecule has 0 aromatic rings. The van der Waals surface area contributed by atoms with Gasteiger partial charge in [-0.3, -0.25) is 9.89 Å². The fraction of sp³-hybridized carbons (Fsp3) is 0.333. The van der Waals surface area contributed by atoms with Crippen LogP contribution < -0.4 is 5.32 Å². The van der Waals surface area contributed by atoms with Gasteiger partial charge in [0.05, 0.1) is 6.54 Å². The van der Waals surface area contributed by atoms with Crippen LogP contribution >= 0.6 is 0 Å². The molecule has 0 bridgehead atoms. The lowest BCUT2D eigenvalue weighted by atomic mass is 10.5. The molecule has 2 amide bonds. The predicted molar refractivity (Wildman–Crippen MR) is 38.8 cm³/mol. The molecule has 1 N–H and O–H groups in total. The summed E-state index contributed by atoms with van der Waals surface area (Å²) in [5.41, 5.74) is 0. The highest BCUT2D eigenvalue weighted by Crippen LogP contribution is 1.93. The molecule has 0 spiro atoms. The molecular formula is C6H9N3O. The van der Waals surface area contributed by atoms with Crippen molar-refractivity contribution in [1.29, 1.82) is 0 Å². The van der Waals surface area contributed by atoms with Crippen molar-refractivity contribution in [3.63, 3.8) is 0 Å². The van der Waals surface area contributed by atoms with E-state index in [9.17, 15) is 4.79 Å². The van der Waals surface area contributed by atoms with Crippen LogP contribution in [0.5, 0.6) is 0 Å². The van der Waals surface area contributed by atoms with Crippen LogP contribution in [-0.4, -0.2) is 30.7 Å². The van der Waals surface area contributed by atoms with Gasteiger partial charge >= 0.3 is 6.03 Å². The Bertz CT molecular complexity index is 185. The van der Waals surface area contributed by atoms with E-state index in [1.54, 1.807) is 25.7 Å². The molecule has 0 saturated heterocycles. The Morgan fingerprint density at radius 2 is 2.60 bits per heavy atom. The Kier molecular flexibility index (Phi) is 2.04. The van der Waals surface area contributed by atoms with Crippen LogP contribution in [0.25, 0.3) is 0 Å². The number of hydrogen-bond acceptors (Lipinski definition) is 2. The lowest BCUT2D eigenvalue weighted by molar-refractivity contribution is 0.222. The summed E-state index contributed by atoms with van der Waals surface area (Å²) in [5, 5.41) is 2.51. The minimum Gasteiger partial charge on any atom is -0.341 e. The van der Waals surface area contributed by atoms with E-state index in [0.717, 1.165) is 0 Å². The molecule has 1 heterocycles. The van der Waals surface area contributed by atoms with E-state index in [0.29, 0.717) is 6.54 Å². The van der Waals surface area contributed by atoms with Gasteiger partial charge in [-0.1, -0.05) is 0 Å². The van der Waals surface area contributed by atoms with Crippen molar-refractivity contribution < 1.29 is 4.79 Å². The van der Waals surface area contributed by atoms with Crippen LogP contribution in [-0.2, 0) is 0 Å². The molecule has 0 aromatic heterocycles. The first-order valence-electron chi connectivity index (χ1n) is 3.01. The molecule has 0 saturated carbocycles. The first-order chi connectivity index (χ1) is 4.84. The molecule has 0 atom stereocenters. The average Bonchev–Trinajstić information content (AvgIpc) is 2.05. The first-order valence-corrected chi connectivity index (χ1v) is 3.01. The number of nitrogens with zero attached hydrogens (tertiary/aromatic N) is 2. The van der Waals surface area contributed by atoms with Crippen LogP contribution in [0.1, 0.15) is 0 Å². The molecule has 0 radical (unpaired) electrons. The molecule has 4 nitrogen and oxygen atoms in total. The first kappa shape index (κ1) is 6.80. The number of urea groups is 1. The van der Waals surface area contributed by atoms with E-state index < -0.39 is 0 Å². The van der Waals surface area contributed by atoms with Crippen LogP contribution in [0.15, 0.2) is 17.4 Å². The molecule has 0 fully saturated rings. The standard InChI is InChI=1S/C6H9N3O/c1-7-6(10)9-4-2-8-3-5-9/h2-4H,5H2,1H3,(H,7,10). The second-order valence-corrected chi connectivity index (χ2v) is 1.84. The van der Waals surface area contributed by atoms with E-state index >= 15 is 0 Å². The van der Waals surface area contributed by atoms with Gasteiger partial charge in [0.25, 0.3) is 0 Å². The largest absolute Gasteiger partial charge is 0.341 e. The summed E-state index contributed by atoms with van der Waals surface area (Å²) in [6.45, 7) is 0.552. The number of carbonyl (C=O) groups is 1. The number of aliphatic imine (C=N–C) groups is 1. The molecule has 10 heavy (non-hydrogen) atoms. The van der Waals surface area contributed by atoms with Gasteiger partial charge in [0.2, 0.25) is 0 Å². The normalized spacial score (nSPS) is 15.5. The van der Waals surface area contributed by atoms with E-state index in [1.807, 2.05) is 0 Å². The van der Waals surface area contributed by atoms with Crippen molar-refractivity contribution >= 4 is 12.2 Å². The molecule has 4 heteroatoms. The van der Waals surface area contributed by atoms with Crippen LogP contribution in [0.2, 0.25) is 0 Å². The van der Waals surface area contributed by atoms with Crippen molar-refractivity contribution in [2.75, 3.05) is 13.6 Å². The van der Waals surface area contributed by atoms with E-state index in [1.165, 1.54) is 4.90 Å². The lowest BCUT2D eigenvalue weighted by Crippen LogP contribution is -2.35. The quantitative estimate of drug-likeness (QED) is 0.511. The smallest absolute Gasteiger partial charge is 0.321 e. The molecule has 0 aromatic carbocycles. The van der Waals surface area contributed by atoms with Crippen molar-refractivity contribution in [3.8, 4) is 0 Å². The zero-order valence-corrected chi connectivity index (χ0v) is 5.74. The maximum atomic E-state index is 10.9. The molecule has 0 unspecified atom stereocenters. The second kappa shape index (κ2) is 3.00. The minimum absolute atomic E-state index is 0.109. The number of rotatable bonds is 0. The zero-order valence-electron chi connectivity index (χ0n) is 5.74. The molecular weight excluding hydrogens is 130 g/mol. The Balaban J connectivity index is 2.51. The number of amides is 2. The third-order valence-electron chi connectivity index (χ3n) is 1.19. The monoisotopic (exact) mass is 139 g/mol. The molecule has 1 aliphatic heterocycles. The fourth-order valence-corrected chi connectivity index (χ4v) is 0.670. The van der Waals surface area contributed by atoms with Gasteiger partial charge in [-0.05, 0) is 0 Å². The van der Waals surface area contributed by atoms with Crippen molar-refractivity contribution in [1.82, 2.24) is 10.2 Å². The van der Waals surface area contributed by atoms with Crippen molar-refractivity contribution in [2.24, 2.45) is 4.99 Å². The van der Waals surface area contributed by atoms with Crippen LogP contribution in [0.3, 0.4) is 0 Å². The predicted octanol–water partition coefficient (Wildman–Crippen LogP) is 0.183. The second-order valence-electron chi connectivity index (χ2n) is 1.84. The Labute approximate surface area is 59.2 Å². The molecule has 0 aliphatic carbocycles. The third-order valence-corrected chi connectivity index (χ3v) is 1.19. The third kappa shape index (κ3) is 1.34. The number of nitrogens with one attached hydrogen (secondary N) is 1. The Morgan fingerprint density at radius 3 is 3.10 bits per heavy atom. The van der Waals surface area contributed by atoms with Crippen LogP contribution in [0.4, 0.5) is 4.79 Å². The summed E-state index contributed by atoms with van der Waals surface area (Å²) in [4.78, 5) is 16.2. The van der Waals surface area contributed by atoms with Gasteiger partial charge in [-0.2, -0.15) is 0 Å². The molecule has 1 aliphatic rings. The highest BCUT2D eigenvalue weighted by atomic mass is 16.2. The van der Waals surface area contributed by atoms with Crippen molar-refractivity contribution in [3.05, 3.63) is 12.4 Å². The maximum Gasteiger partial charge on any atom is 0.321 e. The van der Waals surface area contributed by atoms with Gasteiger partial charge in [0, 0.05) is 25.7 Å². The van der Waals surface area contributed by atoms with Gasteiger partial charge in [0.1, 0.15) is 0 Å². The highest BCUT2D eigenvalue weighted by molar-refractivity contribution is 5.79. The maximum absolute atomic E-state index is 10.9. The summed E-state index contributed by atoms with van der Waals surface area (Å²) < 4.78 is 0. The Morgan fingerprint density at radius 1 is 1.80 bits per heavy atom. The van der Waals surface area contributed by atoms with E-state index in [4.69, 9.17) is 0 Å². The summed E-state index contributed by atoms with van der Waals surface area (Å²) in [5.74, 6) is 0. The van der Waals surface area contributed by atoms with Crippen molar-refractivity contribution in [2.45, 2.75) is 0 Å². The summed E-state index contributed by atoms with van der Waals surface area (Å²) in [6.07, 6.45) is 4.90. The summed E-state index contributed by atoms with van der Waals surface area (Å²) >= 11 is 0. The number of hydrogen-bond donors (Lipinski definition) is 1. The van der Waals surface area contributed by atoms with Crippen LogP contribution in [0, 0.1) is 0 Å². The highest BCUT2D eigenvalue weighted by Gasteiger charge is 2.06. The van der Waals surface area contributed by atoms with E-state index in [2.05, 4.69) is 10.3 Å². The fourth-order valence-electron chi connectivity index (χ4n) is 0.670.